The Morgan fingerprint density at radius 1 is 1.24 bits per heavy atom. The molecule has 138 valence electrons. The molecular weight excluding hydrogens is 408 g/mol. The Kier molecular flexibility index (Phi) is 9.59. The van der Waals surface area contributed by atoms with Gasteiger partial charge in [-0.15, -0.1) is 0 Å². The highest BCUT2D eigenvalue weighted by molar-refractivity contribution is 9.10. The van der Waals surface area contributed by atoms with Gasteiger partial charge in [0.25, 0.3) is 5.91 Å². The van der Waals surface area contributed by atoms with E-state index in [2.05, 4.69) is 26.6 Å². The third kappa shape index (κ3) is 7.92. The van der Waals surface area contributed by atoms with Crippen LogP contribution in [0.5, 0.6) is 0 Å². The number of benzene rings is 1. The van der Waals surface area contributed by atoms with Gasteiger partial charge in [-0.2, -0.15) is 11.8 Å². The van der Waals surface area contributed by atoms with Gasteiger partial charge in [0.15, 0.2) is 0 Å². The summed E-state index contributed by atoms with van der Waals surface area (Å²) in [5.41, 5.74) is 0.448. The first-order valence-corrected chi connectivity index (χ1v) is 10.0. The minimum atomic E-state index is -0.723. The molecule has 0 radical (unpaired) electrons. The van der Waals surface area contributed by atoms with Gasteiger partial charge in [0, 0.05) is 4.47 Å². The van der Waals surface area contributed by atoms with Crippen molar-refractivity contribution in [3.05, 3.63) is 34.3 Å². The lowest BCUT2D eigenvalue weighted by Gasteiger charge is -2.18. The summed E-state index contributed by atoms with van der Waals surface area (Å²) in [6, 6.07) is 6.26. The van der Waals surface area contributed by atoms with E-state index in [0.717, 1.165) is 0 Å². The van der Waals surface area contributed by atoms with Crippen LogP contribution in [0.4, 0.5) is 0 Å². The van der Waals surface area contributed by atoms with Crippen LogP contribution in [0.2, 0.25) is 0 Å². The van der Waals surface area contributed by atoms with Crippen LogP contribution in [0.3, 0.4) is 0 Å². The minimum Gasteiger partial charge on any atom is -0.462 e. The molecule has 1 atom stereocenters. The number of esters is 1. The summed E-state index contributed by atoms with van der Waals surface area (Å²) in [6.45, 7) is 3.25. The van der Waals surface area contributed by atoms with Crippen LogP contribution in [-0.2, 0) is 14.3 Å². The monoisotopic (exact) mass is 430 g/mol. The van der Waals surface area contributed by atoms with Gasteiger partial charge in [-0.05, 0) is 60.3 Å². The summed E-state index contributed by atoms with van der Waals surface area (Å²) in [6.07, 6.45) is 2.14. The standard InChI is InChI=1S/C17H23BrN2O4S/c1-11(2)24-15(21)10-19-17(23)14(8-9-25-3)20-16(22)12-6-4-5-7-13(12)18/h4-7,11,14H,8-10H2,1-3H3,(H,19,23)(H,20,22). The van der Waals surface area contributed by atoms with Crippen molar-refractivity contribution in [1.82, 2.24) is 10.6 Å². The van der Waals surface area contributed by atoms with Crippen LogP contribution in [0.25, 0.3) is 0 Å². The van der Waals surface area contributed by atoms with Crippen molar-refractivity contribution in [2.45, 2.75) is 32.4 Å². The third-order valence-electron chi connectivity index (χ3n) is 3.13. The molecule has 0 fully saturated rings. The lowest BCUT2D eigenvalue weighted by atomic mass is 10.1. The van der Waals surface area contributed by atoms with Crippen molar-refractivity contribution in [1.29, 1.82) is 0 Å². The number of nitrogens with one attached hydrogen (secondary N) is 2. The molecule has 2 N–H and O–H groups in total. The Morgan fingerprint density at radius 2 is 1.92 bits per heavy atom. The Morgan fingerprint density at radius 3 is 2.52 bits per heavy atom. The highest BCUT2D eigenvalue weighted by Gasteiger charge is 2.22. The van der Waals surface area contributed by atoms with Crippen LogP contribution in [0.15, 0.2) is 28.7 Å². The molecule has 25 heavy (non-hydrogen) atoms. The molecular formula is C17H23BrN2O4S. The fourth-order valence-corrected chi connectivity index (χ4v) is 2.91. The highest BCUT2D eigenvalue weighted by Crippen LogP contribution is 2.16. The number of ether oxygens (including phenoxy) is 1. The molecule has 6 nitrogen and oxygen atoms in total. The molecule has 0 aliphatic rings. The molecule has 0 heterocycles. The molecule has 0 aliphatic carbocycles. The molecule has 0 bridgehead atoms. The quantitative estimate of drug-likeness (QED) is 0.587. The fraction of sp³-hybridized carbons (Fsp3) is 0.471. The van der Waals surface area contributed by atoms with Crippen molar-refractivity contribution in [2.75, 3.05) is 18.6 Å². The van der Waals surface area contributed by atoms with Gasteiger partial charge in [-0.25, -0.2) is 0 Å². The van der Waals surface area contributed by atoms with Crippen LogP contribution in [0.1, 0.15) is 30.6 Å². The average molecular weight is 431 g/mol. The zero-order valence-corrected chi connectivity index (χ0v) is 16.9. The van der Waals surface area contributed by atoms with Crippen LogP contribution >= 0.6 is 27.7 Å². The number of hydrogen-bond donors (Lipinski definition) is 2. The largest absolute Gasteiger partial charge is 0.462 e. The average Bonchev–Trinajstić information content (AvgIpc) is 2.56. The molecule has 1 rings (SSSR count). The Balaban J connectivity index is 2.69. The maximum atomic E-state index is 12.4. The van der Waals surface area contributed by atoms with Crippen molar-refractivity contribution in [3.8, 4) is 0 Å². The first-order chi connectivity index (χ1) is 11.8. The molecule has 0 aliphatic heterocycles. The number of carbonyl (C=O) groups is 3. The van der Waals surface area contributed by atoms with Gasteiger partial charge >= 0.3 is 5.97 Å². The molecule has 0 saturated heterocycles. The first kappa shape index (κ1) is 21.5. The van der Waals surface area contributed by atoms with E-state index in [9.17, 15) is 14.4 Å². The Hall–Kier alpha value is -1.54. The van der Waals surface area contributed by atoms with Crippen LogP contribution in [0, 0.1) is 0 Å². The second kappa shape index (κ2) is 11.1. The first-order valence-electron chi connectivity index (χ1n) is 7.86. The van der Waals surface area contributed by atoms with Crippen molar-refractivity contribution in [2.24, 2.45) is 0 Å². The van der Waals surface area contributed by atoms with Gasteiger partial charge in [0.2, 0.25) is 5.91 Å². The van der Waals surface area contributed by atoms with Gasteiger partial charge < -0.3 is 15.4 Å². The predicted octanol–water partition coefficient (Wildman–Crippen LogP) is 2.37. The number of thioether (sulfide) groups is 1. The minimum absolute atomic E-state index is 0.225. The number of carbonyl (C=O) groups excluding carboxylic acids is 3. The van der Waals surface area contributed by atoms with Gasteiger partial charge in [-0.1, -0.05) is 12.1 Å². The van der Waals surface area contributed by atoms with E-state index < -0.39 is 17.9 Å². The van der Waals surface area contributed by atoms with Gasteiger partial charge in [-0.3, -0.25) is 14.4 Å². The molecule has 8 heteroatoms. The van der Waals surface area contributed by atoms with Crippen LogP contribution in [-0.4, -0.2) is 48.5 Å². The SMILES string of the molecule is CSCCC(NC(=O)c1ccccc1Br)C(=O)NCC(=O)OC(C)C. The molecule has 1 unspecified atom stereocenters. The highest BCUT2D eigenvalue weighted by atomic mass is 79.9. The molecule has 1 aromatic rings. The lowest BCUT2D eigenvalue weighted by Crippen LogP contribution is -2.48. The molecule has 0 aromatic heterocycles. The lowest BCUT2D eigenvalue weighted by molar-refractivity contribution is -0.147. The zero-order chi connectivity index (χ0) is 18.8. The smallest absolute Gasteiger partial charge is 0.325 e. The van der Waals surface area contributed by atoms with Gasteiger partial charge in [0.1, 0.15) is 12.6 Å². The number of amides is 2. The van der Waals surface area contributed by atoms with E-state index >= 15 is 0 Å². The third-order valence-corrected chi connectivity index (χ3v) is 4.46. The topological polar surface area (TPSA) is 84.5 Å². The zero-order valence-electron chi connectivity index (χ0n) is 14.5. The molecule has 2 amide bonds. The summed E-state index contributed by atoms with van der Waals surface area (Å²) >= 11 is 4.90. The second-order valence-corrected chi connectivity index (χ2v) is 7.38. The van der Waals surface area contributed by atoms with Crippen molar-refractivity contribution < 1.29 is 19.1 Å². The summed E-state index contributed by atoms with van der Waals surface area (Å²) < 4.78 is 5.63. The second-order valence-electron chi connectivity index (χ2n) is 5.54. The molecule has 0 saturated carbocycles. The van der Waals surface area contributed by atoms with Crippen molar-refractivity contribution >= 4 is 45.5 Å². The Bertz CT molecular complexity index is 610. The maximum Gasteiger partial charge on any atom is 0.325 e. The molecule has 0 spiro atoms. The molecule has 1 aromatic carbocycles. The van der Waals surface area contributed by atoms with Crippen molar-refractivity contribution in [3.63, 3.8) is 0 Å². The normalized spacial score (nSPS) is 11.7. The predicted molar refractivity (Wildman–Crippen MR) is 103 cm³/mol. The number of hydrogen-bond acceptors (Lipinski definition) is 5. The van der Waals surface area contributed by atoms with E-state index in [1.54, 1.807) is 49.9 Å². The van der Waals surface area contributed by atoms with E-state index in [0.29, 0.717) is 22.2 Å². The summed E-state index contributed by atoms with van der Waals surface area (Å²) in [5.74, 6) is -0.567. The summed E-state index contributed by atoms with van der Waals surface area (Å²) in [5, 5.41) is 5.25. The van der Waals surface area contributed by atoms with Gasteiger partial charge in [0.05, 0.1) is 11.7 Å². The number of halogens is 1. The fourth-order valence-electron chi connectivity index (χ4n) is 1.97. The van der Waals surface area contributed by atoms with E-state index in [1.807, 2.05) is 6.26 Å². The summed E-state index contributed by atoms with van der Waals surface area (Å²) in [7, 11) is 0. The van der Waals surface area contributed by atoms with Crippen LogP contribution < -0.4 is 10.6 Å². The number of rotatable bonds is 9. The maximum absolute atomic E-state index is 12.4. The van der Waals surface area contributed by atoms with E-state index in [4.69, 9.17) is 4.74 Å². The Labute approximate surface area is 160 Å². The summed E-state index contributed by atoms with van der Waals surface area (Å²) in [4.78, 5) is 36.3. The van der Waals surface area contributed by atoms with E-state index in [-0.39, 0.29) is 18.6 Å². The van der Waals surface area contributed by atoms with E-state index in [1.165, 1.54) is 0 Å².